The molecule has 0 unspecified atom stereocenters. The molecule has 0 N–H and O–H groups in total. The van der Waals surface area contributed by atoms with E-state index in [0.29, 0.717) is 22.6 Å². The maximum absolute atomic E-state index is 14.1. The van der Waals surface area contributed by atoms with Gasteiger partial charge in [0.1, 0.15) is 24.7 Å². The van der Waals surface area contributed by atoms with Gasteiger partial charge in [0.15, 0.2) is 5.58 Å². The Bertz CT molecular complexity index is 1500. The zero-order chi connectivity index (χ0) is 23.5. The van der Waals surface area contributed by atoms with Crippen molar-refractivity contribution in [2.75, 3.05) is 0 Å². The van der Waals surface area contributed by atoms with E-state index >= 15 is 0 Å². The van der Waals surface area contributed by atoms with E-state index in [-0.39, 0.29) is 23.6 Å². The molecule has 0 fully saturated rings. The highest BCUT2D eigenvalue weighted by molar-refractivity contribution is 9.10. The molecule has 0 aliphatic heterocycles. The number of oxazole rings is 1. The second-order valence-electron chi connectivity index (χ2n) is 7.46. The Balaban J connectivity index is 1.55. The molecule has 3 aromatic carbocycles. The first-order valence-electron chi connectivity index (χ1n) is 10.4. The first-order chi connectivity index (χ1) is 16.6. The molecule has 5 aromatic rings. The van der Waals surface area contributed by atoms with Crippen LogP contribution >= 0.6 is 15.9 Å². The molecule has 34 heavy (non-hydrogen) atoms. The number of benzene rings is 3. The van der Waals surface area contributed by atoms with Crippen LogP contribution in [0.15, 0.2) is 98.6 Å². The van der Waals surface area contributed by atoms with Crippen molar-refractivity contribution in [2.24, 2.45) is 0 Å². The van der Waals surface area contributed by atoms with Gasteiger partial charge in [0.25, 0.3) is 0 Å². The summed E-state index contributed by atoms with van der Waals surface area (Å²) < 4.78 is 32.9. The van der Waals surface area contributed by atoms with Crippen LogP contribution in [0.1, 0.15) is 11.1 Å². The van der Waals surface area contributed by atoms with Crippen LogP contribution in [0.3, 0.4) is 0 Å². The first kappa shape index (κ1) is 21.9. The molecule has 0 atom stereocenters. The van der Waals surface area contributed by atoms with Crippen LogP contribution in [0, 0.1) is 5.82 Å². The highest BCUT2D eigenvalue weighted by Crippen LogP contribution is 2.31. The summed E-state index contributed by atoms with van der Waals surface area (Å²) in [6, 6.07) is 25.0. The molecular formula is C26H18BrFN2O4. The summed E-state index contributed by atoms with van der Waals surface area (Å²) in [6.07, 6.45) is 0. The van der Waals surface area contributed by atoms with Gasteiger partial charge in [-0.1, -0.05) is 60.7 Å². The number of aromatic nitrogens is 2. The second kappa shape index (κ2) is 9.52. The quantitative estimate of drug-likeness (QED) is 0.261. The number of fused-ring (bicyclic) bond motifs is 1. The van der Waals surface area contributed by atoms with Crippen molar-refractivity contribution in [3.8, 4) is 17.4 Å². The van der Waals surface area contributed by atoms with E-state index in [9.17, 15) is 9.18 Å². The highest BCUT2D eigenvalue weighted by Gasteiger charge is 2.20. The summed E-state index contributed by atoms with van der Waals surface area (Å²) in [5, 5.41) is 0. The molecular weight excluding hydrogens is 503 g/mol. The van der Waals surface area contributed by atoms with Crippen molar-refractivity contribution < 1.29 is 18.3 Å². The average Bonchev–Trinajstić information content (AvgIpc) is 3.18. The van der Waals surface area contributed by atoms with Gasteiger partial charge < -0.3 is 13.9 Å². The van der Waals surface area contributed by atoms with Crippen LogP contribution < -0.4 is 15.2 Å². The number of pyridine rings is 1. The Morgan fingerprint density at radius 3 is 2.21 bits per heavy atom. The Morgan fingerprint density at radius 2 is 1.53 bits per heavy atom. The van der Waals surface area contributed by atoms with Crippen molar-refractivity contribution in [1.29, 1.82) is 0 Å². The van der Waals surface area contributed by atoms with Crippen molar-refractivity contribution >= 4 is 27.0 Å². The molecule has 0 aliphatic rings. The van der Waals surface area contributed by atoms with E-state index in [4.69, 9.17) is 13.9 Å². The SMILES string of the molecule is O=c1oc2c(Br)cc(F)cc2n1-c1ccc(OCc2ccccc2)nc1OCc1ccccc1. The molecule has 8 heteroatoms. The molecule has 0 bridgehead atoms. The minimum Gasteiger partial charge on any atom is -0.473 e. The van der Waals surface area contributed by atoms with E-state index < -0.39 is 11.6 Å². The van der Waals surface area contributed by atoms with Crippen molar-refractivity contribution in [3.05, 3.63) is 117 Å². The Labute approximate surface area is 202 Å². The molecule has 170 valence electrons. The molecule has 0 saturated carbocycles. The molecule has 6 nitrogen and oxygen atoms in total. The van der Waals surface area contributed by atoms with Gasteiger partial charge in [-0.2, -0.15) is 4.98 Å². The Kier molecular flexibility index (Phi) is 6.14. The molecule has 2 aromatic heterocycles. The van der Waals surface area contributed by atoms with Gasteiger partial charge in [0, 0.05) is 12.1 Å². The standard InChI is InChI=1S/C26H18BrFN2O4/c27-20-13-19(28)14-22-24(20)34-26(31)30(22)21-11-12-23(32-15-17-7-3-1-4-8-17)29-25(21)33-16-18-9-5-2-6-10-18/h1-14H,15-16H2. The van der Waals surface area contributed by atoms with Gasteiger partial charge in [-0.3, -0.25) is 0 Å². The zero-order valence-electron chi connectivity index (χ0n) is 17.8. The minimum atomic E-state index is -0.689. The largest absolute Gasteiger partial charge is 0.473 e. The van der Waals surface area contributed by atoms with Gasteiger partial charge >= 0.3 is 5.76 Å². The number of ether oxygens (including phenoxy) is 2. The number of nitrogens with zero attached hydrogens (tertiary/aromatic N) is 2. The van der Waals surface area contributed by atoms with Gasteiger partial charge in [-0.15, -0.1) is 0 Å². The molecule has 0 radical (unpaired) electrons. The molecule has 0 saturated heterocycles. The number of hydrogen-bond donors (Lipinski definition) is 0. The fraction of sp³-hybridized carbons (Fsp3) is 0.0769. The summed E-state index contributed by atoms with van der Waals surface area (Å²) >= 11 is 3.25. The predicted molar refractivity (Wildman–Crippen MR) is 129 cm³/mol. The third-order valence-electron chi connectivity index (χ3n) is 5.11. The summed E-state index contributed by atoms with van der Waals surface area (Å²) in [7, 11) is 0. The third kappa shape index (κ3) is 4.58. The van der Waals surface area contributed by atoms with Gasteiger partial charge in [-0.05, 0) is 39.2 Å². The first-order valence-corrected chi connectivity index (χ1v) is 11.2. The molecule has 0 amide bonds. The molecule has 5 rings (SSSR count). The van der Waals surface area contributed by atoms with Crippen molar-refractivity contribution in [2.45, 2.75) is 13.2 Å². The average molecular weight is 521 g/mol. The van der Waals surface area contributed by atoms with Crippen LogP contribution in [0.5, 0.6) is 11.8 Å². The second-order valence-corrected chi connectivity index (χ2v) is 8.32. The van der Waals surface area contributed by atoms with Crippen molar-refractivity contribution in [1.82, 2.24) is 9.55 Å². The van der Waals surface area contributed by atoms with Gasteiger partial charge in [0.05, 0.1) is 9.99 Å². The van der Waals surface area contributed by atoms with Gasteiger partial charge in [0.2, 0.25) is 11.8 Å². The lowest BCUT2D eigenvalue weighted by Gasteiger charge is -2.13. The summed E-state index contributed by atoms with van der Waals surface area (Å²) in [5.74, 6) is -0.731. The van der Waals surface area contributed by atoms with Crippen LogP contribution in [-0.2, 0) is 13.2 Å². The van der Waals surface area contributed by atoms with Crippen molar-refractivity contribution in [3.63, 3.8) is 0 Å². The lowest BCUT2D eigenvalue weighted by molar-refractivity contribution is 0.267. The number of rotatable bonds is 7. The predicted octanol–water partition coefficient (Wildman–Crippen LogP) is 6.04. The smallest absolute Gasteiger partial charge is 0.424 e. The van der Waals surface area contributed by atoms with E-state index in [2.05, 4.69) is 20.9 Å². The zero-order valence-corrected chi connectivity index (χ0v) is 19.4. The van der Waals surface area contributed by atoms with Crippen LogP contribution in [-0.4, -0.2) is 9.55 Å². The molecule has 2 heterocycles. The fourth-order valence-corrected chi connectivity index (χ4v) is 4.01. The maximum atomic E-state index is 14.1. The summed E-state index contributed by atoms with van der Waals surface area (Å²) in [4.78, 5) is 17.3. The minimum absolute atomic E-state index is 0.152. The van der Waals surface area contributed by atoms with E-state index in [0.717, 1.165) is 11.1 Å². The van der Waals surface area contributed by atoms with E-state index in [1.807, 2.05) is 60.7 Å². The highest BCUT2D eigenvalue weighted by atomic mass is 79.9. The maximum Gasteiger partial charge on any atom is 0.424 e. The monoisotopic (exact) mass is 520 g/mol. The van der Waals surface area contributed by atoms with E-state index in [1.165, 1.54) is 16.7 Å². The Hall–Kier alpha value is -3.91. The normalized spacial score (nSPS) is 11.0. The third-order valence-corrected chi connectivity index (χ3v) is 5.69. The lowest BCUT2D eigenvalue weighted by Crippen LogP contribution is -2.14. The Morgan fingerprint density at radius 1 is 0.882 bits per heavy atom. The van der Waals surface area contributed by atoms with Crippen LogP contribution in [0.25, 0.3) is 16.8 Å². The summed E-state index contributed by atoms with van der Waals surface area (Å²) in [6.45, 7) is 0.531. The molecule has 0 aliphatic carbocycles. The lowest BCUT2D eigenvalue weighted by atomic mass is 10.2. The molecule has 0 spiro atoms. The van der Waals surface area contributed by atoms with Crippen LogP contribution in [0.4, 0.5) is 4.39 Å². The van der Waals surface area contributed by atoms with Gasteiger partial charge in [-0.25, -0.2) is 13.8 Å². The van der Waals surface area contributed by atoms with E-state index in [1.54, 1.807) is 12.1 Å². The topological polar surface area (TPSA) is 66.5 Å². The number of hydrogen-bond acceptors (Lipinski definition) is 5. The fourth-order valence-electron chi connectivity index (χ4n) is 3.50. The van der Waals surface area contributed by atoms with Crippen LogP contribution in [0.2, 0.25) is 0 Å². The summed E-state index contributed by atoms with van der Waals surface area (Å²) in [5.41, 5.74) is 2.69. The number of halogens is 2.